The summed E-state index contributed by atoms with van der Waals surface area (Å²) >= 11 is 0. The van der Waals surface area contributed by atoms with Crippen molar-refractivity contribution in [2.24, 2.45) is 12.8 Å². The molecule has 0 aliphatic heterocycles. The third-order valence-electron chi connectivity index (χ3n) is 2.64. The molecule has 0 aromatic carbocycles. The highest BCUT2D eigenvalue weighted by Crippen LogP contribution is 2.36. The molecule has 2 rings (SSSR count). The van der Waals surface area contributed by atoms with Crippen molar-refractivity contribution in [3.63, 3.8) is 0 Å². The molecule has 14 heavy (non-hydrogen) atoms. The minimum Gasteiger partial charge on any atom is -0.359 e. The molecule has 1 fully saturated rings. The summed E-state index contributed by atoms with van der Waals surface area (Å²) in [7, 11) is 1.71. The van der Waals surface area contributed by atoms with Crippen molar-refractivity contribution in [3.05, 3.63) is 22.7 Å². The number of hydrogen-bond acceptors (Lipinski definition) is 4. The molecular formula is C9H14N4O. The van der Waals surface area contributed by atoms with Gasteiger partial charge in [-0.3, -0.25) is 4.79 Å². The fraction of sp³-hybridized carbons (Fsp3) is 0.556. The van der Waals surface area contributed by atoms with Crippen LogP contribution >= 0.6 is 0 Å². The van der Waals surface area contributed by atoms with E-state index in [1.165, 1.54) is 4.57 Å². The van der Waals surface area contributed by atoms with E-state index in [2.05, 4.69) is 10.3 Å². The monoisotopic (exact) mass is 194 g/mol. The van der Waals surface area contributed by atoms with Gasteiger partial charge in [-0.1, -0.05) is 0 Å². The number of hydrogen-bond donors (Lipinski definition) is 2. The Morgan fingerprint density at radius 2 is 2.43 bits per heavy atom. The van der Waals surface area contributed by atoms with Crippen LogP contribution in [-0.2, 0) is 7.05 Å². The molecule has 1 saturated carbocycles. The first-order chi connectivity index (χ1) is 6.67. The third-order valence-corrected chi connectivity index (χ3v) is 2.64. The molecule has 0 amide bonds. The summed E-state index contributed by atoms with van der Waals surface area (Å²) < 4.78 is 1.50. The number of nitrogens with two attached hydrogens (primary N) is 1. The largest absolute Gasteiger partial charge is 0.359 e. The van der Waals surface area contributed by atoms with Gasteiger partial charge in [0.2, 0.25) is 0 Å². The second kappa shape index (κ2) is 3.09. The van der Waals surface area contributed by atoms with Crippen LogP contribution in [0.5, 0.6) is 0 Å². The van der Waals surface area contributed by atoms with Crippen molar-refractivity contribution >= 4 is 5.82 Å². The summed E-state index contributed by atoms with van der Waals surface area (Å²) in [4.78, 5) is 15.6. The lowest BCUT2D eigenvalue weighted by molar-refractivity contribution is 0.726. The third kappa shape index (κ3) is 1.50. The van der Waals surface area contributed by atoms with Crippen molar-refractivity contribution in [1.29, 1.82) is 0 Å². The lowest BCUT2D eigenvalue weighted by Gasteiger charge is -2.14. The molecule has 5 nitrogen and oxygen atoms in total. The van der Waals surface area contributed by atoms with Crippen LogP contribution in [-0.4, -0.2) is 21.6 Å². The van der Waals surface area contributed by atoms with E-state index < -0.39 is 0 Å². The molecular weight excluding hydrogens is 180 g/mol. The highest BCUT2D eigenvalue weighted by atomic mass is 16.1. The first-order valence-corrected chi connectivity index (χ1v) is 4.67. The van der Waals surface area contributed by atoms with Crippen LogP contribution in [0.1, 0.15) is 12.8 Å². The Kier molecular flexibility index (Phi) is 2.03. The van der Waals surface area contributed by atoms with E-state index in [0.717, 1.165) is 12.8 Å². The molecule has 0 bridgehead atoms. The average molecular weight is 194 g/mol. The molecule has 5 heteroatoms. The standard InChI is InChI=1S/C9H14N4O/c1-13-5-4-11-7(8(13)14)12-9(6-10)2-3-9/h4-5H,2-3,6,10H2,1H3,(H,11,12). The summed E-state index contributed by atoms with van der Waals surface area (Å²) in [5.41, 5.74) is 5.43. The average Bonchev–Trinajstić information content (AvgIpc) is 2.94. The van der Waals surface area contributed by atoms with Crippen LogP contribution in [0.4, 0.5) is 5.82 Å². The lowest BCUT2D eigenvalue weighted by Crippen LogP contribution is -2.35. The van der Waals surface area contributed by atoms with E-state index in [-0.39, 0.29) is 11.1 Å². The number of nitrogens with zero attached hydrogens (tertiary/aromatic N) is 2. The highest BCUT2D eigenvalue weighted by Gasteiger charge is 2.41. The molecule has 1 aliphatic carbocycles. The number of nitrogens with one attached hydrogen (secondary N) is 1. The van der Waals surface area contributed by atoms with Crippen LogP contribution in [0, 0.1) is 0 Å². The van der Waals surface area contributed by atoms with Crippen molar-refractivity contribution in [1.82, 2.24) is 9.55 Å². The zero-order chi connectivity index (χ0) is 10.2. The normalized spacial score (nSPS) is 17.9. The zero-order valence-corrected chi connectivity index (χ0v) is 8.16. The number of rotatable bonds is 3. The predicted octanol–water partition coefficient (Wildman–Crippen LogP) is -0.317. The van der Waals surface area contributed by atoms with Gasteiger partial charge in [-0.05, 0) is 12.8 Å². The Morgan fingerprint density at radius 3 is 3.00 bits per heavy atom. The first-order valence-electron chi connectivity index (χ1n) is 4.67. The van der Waals surface area contributed by atoms with Crippen molar-refractivity contribution in [2.75, 3.05) is 11.9 Å². The van der Waals surface area contributed by atoms with Crippen LogP contribution in [0.15, 0.2) is 17.2 Å². The maximum absolute atomic E-state index is 11.6. The minimum absolute atomic E-state index is 0.0689. The second-order valence-corrected chi connectivity index (χ2v) is 3.80. The molecule has 1 aliphatic rings. The Balaban J connectivity index is 2.25. The molecule has 3 N–H and O–H groups in total. The van der Waals surface area contributed by atoms with E-state index >= 15 is 0 Å². The van der Waals surface area contributed by atoms with Crippen LogP contribution in [0.3, 0.4) is 0 Å². The van der Waals surface area contributed by atoms with E-state index in [0.29, 0.717) is 12.4 Å². The number of aromatic nitrogens is 2. The predicted molar refractivity (Wildman–Crippen MR) is 54.1 cm³/mol. The SMILES string of the molecule is Cn1ccnc(NC2(CN)CC2)c1=O. The number of anilines is 1. The van der Waals surface area contributed by atoms with Crippen molar-refractivity contribution < 1.29 is 0 Å². The van der Waals surface area contributed by atoms with Crippen molar-refractivity contribution in [3.8, 4) is 0 Å². The summed E-state index contributed by atoms with van der Waals surface area (Å²) in [6, 6.07) is 0. The Bertz CT molecular complexity index is 394. The Hall–Kier alpha value is -1.36. The van der Waals surface area contributed by atoms with E-state index in [4.69, 9.17) is 5.73 Å². The van der Waals surface area contributed by atoms with Gasteiger partial charge in [0.15, 0.2) is 5.82 Å². The fourth-order valence-corrected chi connectivity index (χ4v) is 1.37. The zero-order valence-electron chi connectivity index (χ0n) is 8.16. The molecule has 1 aromatic heterocycles. The van der Waals surface area contributed by atoms with Gasteiger partial charge in [0, 0.05) is 26.0 Å². The molecule has 0 spiro atoms. The Morgan fingerprint density at radius 1 is 1.71 bits per heavy atom. The maximum Gasteiger partial charge on any atom is 0.293 e. The Labute approximate surface area is 82.0 Å². The summed E-state index contributed by atoms with van der Waals surface area (Å²) in [6.07, 6.45) is 5.28. The van der Waals surface area contributed by atoms with Gasteiger partial charge in [0.1, 0.15) is 0 Å². The van der Waals surface area contributed by atoms with Crippen molar-refractivity contribution in [2.45, 2.75) is 18.4 Å². The van der Waals surface area contributed by atoms with E-state index in [1.54, 1.807) is 19.4 Å². The second-order valence-electron chi connectivity index (χ2n) is 3.80. The molecule has 1 aromatic rings. The molecule has 76 valence electrons. The van der Waals surface area contributed by atoms with Gasteiger partial charge >= 0.3 is 0 Å². The fourth-order valence-electron chi connectivity index (χ4n) is 1.37. The molecule has 1 heterocycles. The van der Waals surface area contributed by atoms with Gasteiger partial charge < -0.3 is 15.6 Å². The molecule has 0 saturated heterocycles. The quantitative estimate of drug-likeness (QED) is 0.692. The lowest BCUT2D eigenvalue weighted by atomic mass is 10.3. The van der Waals surface area contributed by atoms with Gasteiger partial charge in [0.25, 0.3) is 5.56 Å². The van der Waals surface area contributed by atoms with Crippen LogP contribution in [0.25, 0.3) is 0 Å². The van der Waals surface area contributed by atoms with Gasteiger partial charge in [-0.25, -0.2) is 4.98 Å². The minimum atomic E-state index is -0.104. The topological polar surface area (TPSA) is 72.9 Å². The highest BCUT2D eigenvalue weighted by molar-refractivity contribution is 5.38. The summed E-state index contributed by atoms with van der Waals surface area (Å²) in [5.74, 6) is 0.401. The van der Waals surface area contributed by atoms with E-state index in [1.807, 2.05) is 0 Å². The molecule has 0 radical (unpaired) electrons. The van der Waals surface area contributed by atoms with Gasteiger partial charge in [0.05, 0.1) is 5.54 Å². The van der Waals surface area contributed by atoms with Gasteiger partial charge in [-0.2, -0.15) is 0 Å². The molecule has 0 unspecified atom stereocenters. The van der Waals surface area contributed by atoms with Crippen LogP contribution in [0.2, 0.25) is 0 Å². The van der Waals surface area contributed by atoms with Crippen LogP contribution < -0.4 is 16.6 Å². The number of aryl methyl sites for hydroxylation is 1. The first kappa shape index (κ1) is 9.21. The smallest absolute Gasteiger partial charge is 0.293 e. The summed E-state index contributed by atoms with van der Waals surface area (Å²) in [5, 5.41) is 3.12. The summed E-state index contributed by atoms with van der Waals surface area (Å²) in [6.45, 7) is 0.548. The van der Waals surface area contributed by atoms with Gasteiger partial charge in [-0.15, -0.1) is 0 Å². The molecule has 0 atom stereocenters. The van der Waals surface area contributed by atoms with E-state index in [9.17, 15) is 4.79 Å². The maximum atomic E-state index is 11.6.